The van der Waals surface area contributed by atoms with Crippen molar-refractivity contribution in [3.8, 4) is 0 Å². The van der Waals surface area contributed by atoms with Gasteiger partial charge in [-0.2, -0.15) is 0 Å². The molecule has 4 aliphatic rings. The summed E-state index contributed by atoms with van der Waals surface area (Å²) in [5.41, 5.74) is -1.55. The molecule has 0 aromatic carbocycles. The highest BCUT2D eigenvalue weighted by Gasteiger charge is 2.75. The van der Waals surface area contributed by atoms with E-state index in [2.05, 4.69) is 13.8 Å². The quantitative estimate of drug-likeness (QED) is 0.567. The maximum atomic E-state index is 12.8. The zero-order chi connectivity index (χ0) is 18.4. The number of fused-ring (bicyclic) bond motifs is 3. The summed E-state index contributed by atoms with van der Waals surface area (Å²) in [4.78, 5) is 12.8. The average molecular weight is 352 g/mol. The van der Waals surface area contributed by atoms with Crippen molar-refractivity contribution in [3.05, 3.63) is 0 Å². The second-order valence-electron chi connectivity index (χ2n) is 9.97. The van der Waals surface area contributed by atoms with Crippen molar-refractivity contribution < 1.29 is 25.2 Å². The van der Waals surface area contributed by atoms with Crippen LogP contribution in [-0.4, -0.2) is 51.1 Å². The smallest absolute Gasteiger partial charge is 0.139 e. The summed E-state index contributed by atoms with van der Waals surface area (Å²) in [5, 5.41) is 43.4. The number of aliphatic hydroxyl groups excluding tert-OH is 4. The maximum Gasteiger partial charge on any atom is 0.139 e. The third kappa shape index (κ3) is 1.86. The molecule has 0 aromatic rings. The monoisotopic (exact) mass is 352 g/mol. The van der Waals surface area contributed by atoms with Gasteiger partial charge in [-0.1, -0.05) is 27.2 Å². The normalized spacial score (nSPS) is 60.9. The van der Waals surface area contributed by atoms with Gasteiger partial charge in [-0.25, -0.2) is 0 Å². The van der Waals surface area contributed by atoms with Crippen molar-refractivity contribution in [2.75, 3.05) is 6.61 Å². The van der Waals surface area contributed by atoms with E-state index in [0.717, 1.165) is 19.3 Å². The molecule has 1 spiro atoms. The van der Waals surface area contributed by atoms with E-state index in [0.29, 0.717) is 12.8 Å². The molecule has 5 heteroatoms. The van der Waals surface area contributed by atoms with Crippen molar-refractivity contribution in [1.82, 2.24) is 0 Å². The molecule has 2 bridgehead atoms. The second kappa shape index (κ2) is 5.28. The highest BCUT2D eigenvalue weighted by atomic mass is 16.3. The Morgan fingerprint density at radius 2 is 1.76 bits per heavy atom. The van der Waals surface area contributed by atoms with Crippen molar-refractivity contribution in [2.45, 2.75) is 71.2 Å². The van der Waals surface area contributed by atoms with Gasteiger partial charge in [0.15, 0.2) is 0 Å². The predicted octanol–water partition coefficient (Wildman–Crippen LogP) is 1.12. The Morgan fingerprint density at radius 1 is 1.08 bits per heavy atom. The molecule has 10 unspecified atom stereocenters. The number of hydrogen-bond donors (Lipinski definition) is 4. The van der Waals surface area contributed by atoms with E-state index >= 15 is 0 Å². The van der Waals surface area contributed by atoms with Gasteiger partial charge in [-0.3, -0.25) is 4.79 Å². The number of Topliss-reactive ketones (excluding diaryl/α,β-unsaturated/α-hetero) is 1. The minimum atomic E-state index is -1.00. The highest BCUT2D eigenvalue weighted by Crippen LogP contribution is 2.71. The molecule has 0 aromatic heterocycles. The van der Waals surface area contributed by atoms with Gasteiger partial charge < -0.3 is 20.4 Å². The molecule has 10 atom stereocenters. The third-order valence-corrected chi connectivity index (χ3v) is 9.10. The van der Waals surface area contributed by atoms with Crippen molar-refractivity contribution >= 4 is 5.78 Å². The van der Waals surface area contributed by atoms with Gasteiger partial charge in [-0.15, -0.1) is 0 Å². The lowest BCUT2D eigenvalue weighted by molar-refractivity contribution is -0.254. The van der Waals surface area contributed by atoms with E-state index in [1.807, 2.05) is 6.92 Å². The second-order valence-corrected chi connectivity index (χ2v) is 9.97. The van der Waals surface area contributed by atoms with E-state index in [9.17, 15) is 25.2 Å². The number of rotatable bonds is 1. The van der Waals surface area contributed by atoms with Crippen LogP contribution >= 0.6 is 0 Å². The first-order chi connectivity index (χ1) is 11.6. The van der Waals surface area contributed by atoms with Crippen LogP contribution in [0.25, 0.3) is 0 Å². The van der Waals surface area contributed by atoms with Crippen LogP contribution in [0, 0.1) is 39.9 Å². The molecule has 4 saturated carbocycles. The van der Waals surface area contributed by atoms with Crippen LogP contribution in [0.3, 0.4) is 0 Å². The first-order valence-electron chi connectivity index (χ1n) is 9.82. The molecule has 25 heavy (non-hydrogen) atoms. The molecular weight excluding hydrogens is 320 g/mol. The molecule has 4 rings (SSSR count). The minimum Gasteiger partial charge on any atom is -0.396 e. The van der Waals surface area contributed by atoms with Crippen LogP contribution in [-0.2, 0) is 4.79 Å². The Hall–Kier alpha value is -0.490. The Balaban J connectivity index is 1.87. The van der Waals surface area contributed by atoms with Gasteiger partial charge in [0, 0.05) is 18.9 Å². The molecular formula is C20H32O5. The average Bonchev–Trinajstić information content (AvgIpc) is 2.69. The largest absolute Gasteiger partial charge is 0.396 e. The Bertz CT molecular complexity index is 593. The lowest BCUT2D eigenvalue weighted by Gasteiger charge is -2.66. The molecule has 4 aliphatic carbocycles. The third-order valence-electron chi connectivity index (χ3n) is 9.10. The van der Waals surface area contributed by atoms with Crippen molar-refractivity contribution in [2.24, 2.45) is 39.9 Å². The van der Waals surface area contributed by atoms with Gasteiger partial charge in [0.25, 0.3) is 0 Å². The summed E-state index contributed by atoms with van der Waals surface area (Å²) in [5.74, 6) is -1.01. The fraction of sp³-hybridized carbons (Fsp3) is 0.950. The van der Waals surface area contributed by atoms with Gasteiger partial charge in [0.2, 0.25) is 0 Å². The standard InChI is InChI=1S/C20H32O5/c1-10-15-11(22)7-13-19(3)6-4-5-18(2,9-21)12(19)8-14(23)20(13,16(10)24)17(15)25/h10,12-17,21,23-25H,4-9H2,1-3H3. The van der Waals surface area contributed by atoms with Gasteiger partial charge in [0.1, 0.15) is 5.78 Å². The van der Waals surface area contributed by atoms with Crippen LogP contribution in [0.1, 0.15) is 52.9 Å². The minimum absolute atomic E-state index is 0.0301. The topological polar surface area (TPSA) is 98.0 Å². The lowest BCUT2D eigenvalue weighted by atomic mass is 9.39. The molecule has 0 saturated heterocycles. The number of ketones is 1. The number of aliphatic hydroxyl groups is 4. The molecule has 142 valence electrons. The molecule has 0 amide bonds. The summed E-state index contributed by atoms with van der Waals surface area (Å²) in [7, 11) is 0. The van der Waals surface area contributed by atoms with Gasteiger partial charge in [-0.05, 0) is 47.8 Å². The van der Waals surface area contributed by atoms with E-state index in [4.69, 9.17) is 0 Å². The Kier molecular flexibility index (Phi) is 3.78. The van der Waals surface area contributed by atoms with Crippen LogP contribution in [0.2, 0.25) is 0 Å². The highest BCUT2D eigenvalue weighted by molar-refractivity contribution is 5.84. The summed E-state index contributed by atoms with van der Waals surface area (Å²) in [6.45, 7) is 6.14. The summed E-state index contributed by atoms with van der Waals surface area (Å²) < 4.78 is 0. The Labute approximate surface area is 149 Å². The summed E-state index contributed by atoms with van der Waals surface area (Å²) in [6, 6.07) is 0. The molecule has 0 aliphatic heterocycles. The molecule has 0 heterocycles. The van der Waals surface area contributed by atoms with Crippen molar-refractivity contribution in [1.29, 1.82) is 0 Å². The van der Waals surface area contributed by atoms with Crippen LogP contribution in [0.5, 0.6) is 0 Å². The zero-order valence-corrected chi connectivity index (χ0v) is 15.5. The molecule has 0 radical (unpaired) electrons. The summed E-state index contributed by atoms with van der Waals surface area (Å²) in [6.07, 6.45) is 0.918. The first kappa shape index (κ1) is 17.9. The fourth-order valence-corrected chi connectivity index (χ4v) is 7.86. The predicted molar refractivity (Wildman–Crippen MR) is 91.5 cm³/mol. The van der Waals surface area contributed by atoms with Crippen LogP contribution in [0.15, 0.2) is 0 Å². The Morgan fingerprint density at radius 3 is 2.40 bits per heavy atom. The number of carbonyl (C=O) groups excluding carboxylic acids is 1. The lowest BCUT2D eigenvalue weighted by Crippen LogP contribution is -2.69. The van der Waals surface area contributed by atoms with E-state index in [1.54, 1.807) is 0 Å². The zero-order valence-electron chi connectivity index (χ0n) is 15.5. The molecule has 5 nitrogen and oxygen atoms in total. The first-order valence-corrected chi connectivity index (χ1v) is 9.82. The summed E-state index contributed by atoms with van der Waals surface area (Å²) >= 11 is 0. The number of carbonyl (C=O) groups is 1. The van der Waals surface area contributed by atoms with Crippen LogP contribution < -0.4 is 0 Å². The van der Waals surface area contributed by atoms with Crippen molar-refractivity contribution in [3.63, 3.8) is 0 Å². The van der Waals surface area contributed by atoms with Gasteiger partial charge >= 0.3 is 0 Å². The van der Waals surface area contributed by atoms with E-state index < -0.39 is 29.6 Å². The fourth-order valence-electron chi connectivity index (χ4n) is 7.86. The van der Waals surface area contributed by atoms with E-state index in [-0.39, 0.29) is 41.0 Å². The molecule has 4 N–H and O–H groups in total. The maximum absolute atomic E-state index is 12.8. The SMILES string of the molecule is CC1C2C(=O)CC3C4(C)CCCC(C)(CO)C4CC(O)C3(C1O)C2O. The molecule has 4 fully saturated rings. The number of hydrogen-bond acceptors (Lipinski definition) is 5. The van der Waals surface area contributed by atoms with Crippen LogP contribution in [0.4, 0.5) is 0 Å². The van der Waals surface area contributed by atoms with E-state index in [1.165, 1.54) is 0 Å². The van der Waals surface area contributed by atoms with Gasteiger partial charge in [0.05, 0.1) is 23.7 Å².